The summed E-state index contributed by atoms with van der Waals surface area (Å²) >= 11 is 6.08. The molecule has 1 N–H and O–H groups in total. The lowest BCUT2D eigenvalue weighted by Crippen LogP contribution is -2.25. The monoisotopic (exact) mass is 429 g/mol. The van der Waals surface area contributed by atoms with Crippen LogP contribution in [0.4, 0.5) is 0 Å². The molecule has 0 radical (unpaired) electrons. The highest BCUT2D eigenvalue weighted by Crippen LogP contribution is 2.27. The summed E-state index contributed by atoms with van der Waals surface area (Å²) < 4.78 is 5.81. The fraction of sp³-hybridized carbons (Fsp3) is 0.458. The number of allylic oxidation sites excluding steroid dienone is 3. The second-order valence-electron chi connectivity index (χ2n) is 7.82. The van der Waals surface area contributed by atoms with E-state index in [1.165, 1.54) is 0 Å². The molecule has 30 heavy (non-hydrogen) atoms. The highest BCUT2D eigenvalue weighted by atomic mass is 35.5. The summed E-state index contributed by atoms with van der Waals surface area (Å²) in [6.45, 7) is 7.43. The van der Waals surface area contributed by atoms with E-state index in [0.717, 1.165) is 48.4 Å². The smallest absolute Gasteiger partial charge is 0.244 e. The van der Waals surface area contributed by atoms with Crippen LogP contribution in [0.2, 0.25) is 5.15 Å². The SMILES string of the molecule is CC(C=CCCCCCCOc1nnc(Cl)c2ccccc12)=CC(=O)NCC(C)C. The number of halogens is 1. The number of benzene rings is 1. The van der Waals surface area contributed by atoms with Crippen LogP contribution in [0, 0.1) is 5.92 Å². The van der Waals surface area contributed by atoms with E-state index in [9.17, 15) is 4.79 Å². The Balaban J connectivity index is 1.60. The molecule has 0 fully saturated rings. The van der Waals surface area contributed by atoms with Crippen molar-refractivity contribution in [3.63, 3.8) is 0 Å². The van der Waals surface area contributed by atoms with Gasteiger partial charge in [0.2, 0.25) is 11.8 Å². The predicted octanol–water partition coefficient (Wildman–Crippen LogP) is 5.89. The highest BCUT2D eigenvalue weighted by Gasteiger charge is 2.08. The van der Waals surface area contributed by atoms with Gasteiger partial charge in [-0.15, -0.1) is 10.2 Å². The first-order valence-electron chi connectivity index (χ1n) is 10.6. The lowest BCUT2D eigenvalue weighted by atomic mass is 10.1. The zero-order valence-electron chi connectivity index (χ0n) is 18.2. The van der Waals surface area contributed by atoms with Gasteiger partial charge in [0, 0.05) is 23.4 Å². The Morgan fingerprint density at radius 2 is 1.87 bits per heavy atom. The average molecular weight is 430 g/mol. The summed E-state index contributed by atoms with van der Waals surface area (Å²) in [6.07, 6.45) is 11.1. The van der Waals surface area contributed by atoms with Crippen LogP contribution in [0.25, 0.3) is 10.8 Å². The van der Waals surface area contributed by atoms with Crippen molar-refractivity contribution in [3.8, 4) is 5.88 Å². The van der Waals surface area contributed by atoms with E-state index in [-0.39, 0.29) is 5.91 Å². The standard InChI is InChI=1S/C24H32ClN3O2/c1-18(2)17-26-22(29)16-19(3)12-8-6-4-5-7-11-15-30-24-21-14-10-9-13-20(21)23(25)27-28-24/h8-10,12-14,16,18H,4-7,11,15,17H2,1-3H3,(H,26,29). The number of amides is 1. The van der Waals surface area contributed by atoms with Crippen molar-refractivity contribution in [1.29, 1.82) is 0 Å². The molecule has 0 saturated carbocycles. The molecule has 1 aromatic carbocycles. The minimum atomic E-state index is -0.0241. The summed E-state index contributed by atoms with van der Waals surface area (Å²) in [6, 6.07) is 7.73. The number of rotatable bonds is 12. The Labute approximate surface area is 184 Å². The maximum atomic E-state index is 11.7. The molecule has 1 amide bonds. The summed E-state index contributed by atoms with van der Waals surface area (Å²) in [7, 11) is 0. The zero-order chi connectivity index (χ0) is 21.8. The maximum Gasteiger partial charge on any atom is 0.244 e. The van der Waals surface area contributed by atoms with E-state index in [0.29, 0.717) is 30.1 Å². The normalized spacial score (nSPS) is 12.1. The first kappa shape index (κ1) is 23.9. The Kier molecular flexibility index (Phi) is 10.4. The Morgan fingerprint density at radius 1 is 1.13 bits per heavy atom. The van der Waals surface area contributed by atoms with Gasteiger partial charge in [-0.25, -0.2) is 0 Å². The van der Waals surface area contributed by atoms with E-state index in [4.69, 9.17) is 16.3 Å². The van der Waals surface area contributed by atoms with Crippen LogP contribution in [0.1, 0.15) is 52.9 Å². The number of nitrogens with one attached hydrogen (secondary N) is 1. The minimum Gasteiger partial charge on any atom is -0.476 e. The van der Waals surface area contributed by atoms with Crippen LogP contribution >= 0.6 is 11.6 Å². The van der Waals surface area contributed by atoms with E-state index >= 15 is 0 Å². The Hall–Kier alpha value is -2.40. The molecule has 162 valence electrons. The van der Waals surface area contributed by atoms with E-state index in [1.54, 1.807) is 6.08 Å². The van der Waals surface area contributed by atoms with Gasteiger partial charge in [0.25, 0.3) is 0 Å². The quantitative estimate of drug-likeness (QED) is 0.259. The van der Waals surface area contributed by atoms with Crippen LogP contribution in [0.3, 0.4) is 0 Å². The van der Waals surface area contributed by atoms with Crippen LogP contribution < -0.4 is 10.1 Å². The van der Waals surface area contributed by atoms with E-state index in [2.05, 4.69) is 35.4 Å². The van der Waals surface area contributed by atoms with Crippen molar-refractivity contribution in [3.05, 3.63) is 53.2 Å². The Morgan fingerprint density at radius 3 is 2.63 bits per heavy atom. The minimum absolute atomic E-state index is 0.0241. The number of hydrogen-bond acceptors (Lipinski definition) is 4. The zero-order valence-corrected chi connectivity index (χ0v) is 18.9. The molecule has 0 spiro atoms. The molecule has 1 aromatic heterocycles. The van der Waals surface area contributed by atoms with Crippen LogP contribution in [-0.4, -0.2) is 29.3 Å². The number of carbonyl (C=O) groups excluding carboxylic acids is 1. The molecule has 0 bridgehead atoms. The van der Waals surface area contributed by atoms with Crippen LogP contribution in [-0.2, 0) is 4.79 Å². The van der Waals surface area contributed by atoms with E-state index < -0.39 is 0 Å². The van der Waals surface area contributed by atoms with Crippen molar-refractivity contribution < 1.29 is 9.53 Å². The van der Waals surface area contributed by atoms with Gasteiger partial charge in [-0.3, -0.25) is 4.79 Å². The highest BCUT2D eigenvalue weighted by molar-refractivity contribution is 6.34. The number of unbranched alkanes of at least 4 members (excludes halogenated alkanes) is 4. The van der Waals surface area contributed by atoms with Gasteiger partial charge in [-0.05, 0) is 43.7 Å². The fourth-order valence-corrected chi connectivity index (χ4v) is 3.12. The molecule has 5 nitrogen and oxygen atoms in total. The van der Waals surface area contributed by atoms with Crippen molar-refractivity contribution in [2.24, 2.45) is 5.92 Å². The molecule has 0 unspecified atom stereocenters. The summed E-state index contributed by atoms with van der Waals surface area (Å²) in [5.74, 6) is 0.976. The topological polar surface area (TPSA) is 64.1 Å². The largest absolute Gasteiger partial charge is 0.476 e. The molecular weight excluding hydrogens is 398 g/mol. The number of fused-ring (bicyclic) bond motifs is 1. The third-order valence-electron chi connectivity index (χ3n) is 4.54. The van der Waals surface area contributed by atoms with Gasteiger partial charge in [0.1, 0.15) is 0 Å². The molecule has 0 atom stereocenters. The lowest BCUT2D eigenvalue weighted by Gasteiger charge is -2.08. The summed E-state index contributed by atoms with van der Waals surface area (Å²) in [5, 5.41) is 13.1. The molecule has 0 aliphatic rings. The molecule has 6 heteroatoms. The number of carbonyl (C=O) groups is 1. The van der Waals surface area contributed by atoms with Crippen LogP contribution in [0.15, 0.2) is 48.1 Å². The number of hydrogen-bond donors (Lipinski definition) is 1. The summed E-state index contributed by atoms with van der Waals surface area (Å²) in [5.41, 5.74) is 0.973. The predicted molar refractivity (Wildman–Crippen MR) is 124 cm³/mol. The first-order valence-corrected chi connectivity index (χ1v) is 11.0. The second-order valence-corrected chi connectivity index (χ2v) is 8.18. The Bertz CT molecular complexity index is 878. The van der Waals surface area contributed by atoms with E-state index in [1.807, 2.05) is 37.3 Å². The van der Waals surface area contributed by atoms with Gasteiger partial charge >= 0.3 is 0 Å². The van der Waals surface area contributed by atoms with Crippen molar-refractivity contribution in [2.45, 2.75) is 52.9 Å². The van der Waals surface area contributed by atoms with Crippen molar-refractivity contribution >= 4 is 28.3 Å². The van der Waals surface area contributed by atoms with Crippen LogP contribution in [0.5, 0.6) is 5.88 Å². The van der Waals surface area contributed by atoms with Gasteiger partial charge in [0.05, 0.1) is 6.61 Å². The molecule has 0 aliphatic heterocycles. The molecule has 2 rings (SSSR count). The number of ether oxygens (including phenoxy) is 1. The lowest BCUT2D eigenvalue weighted by molar-refractivity contribution is -0.116. The molecule has 2 aromatic rings. The molecule has 0 saturated heterocycles. The molecule has 0 aliphatic carbocycles. The number of nitrogens with zero attached hydrogens (tertiary/aromatic N) is 2. The molecular formula is C24H32ClN3O2. The summed E-state index contributed by atoms with van der Waals surface area (Å²) in [4.78, 5) is 11.7. The van der Waals surface area contributed by atoms with Gasteiger partial charge in [0.15, 0.2) is 5.15 Å². The molecule has 1 heterocycles. The van der Waals surface area contributed by atoms with Crippen molar-refractivity contribution in [1.82, 2.24) is 15.5 Å². The third-order valence-corrected chi connectivity index (χ3v) is 4.82. The number of aromatic nitrogens is 2. The third kappa shape index (κ3) is 8.54. The second kappa shape index (κ2) is 13.0. The van der Waals surface area contributed by atoms with Gasteiger partial charge < -0.3 is 10.1 Å². The van der Waals surface area contributed by atoms with Gasteiger partial charge in [-0.2, -0.15) is 0 Å². The van der Waals surface area contributed by atoms with Crippen molar-refractivity contribution in [2.75, 3.05) is 13.2 Å². The first-order chi connectivity index (χ1) is 14.5. The van der Waals surface area contributed by atoms with Gasteiger partial charge in [-0.1, -0.05) is 68.6 Å². The average Bonchev–Trinajstić information content (AvgIpc) is 2.72. The fourth-order valence-electron chi connectivity index (χ4n) is 2.92. The maximum absolute atomic E-state index is 11.7.